The van der Waals surface area contributed by atoms with Crippen molar-refractivity contribution in [3.8, 4) is 6.07 Å². The number of nitrogens with one attached hydrogen (secondary N) is 2. The maximum Gasteiger partial charge on any atom is 0.243 e. The largest absolute Gasteiger partial charge is 0.309 e. The van der Waals surface area contributed by atoms with Gasteiger partial charge in [-0.05, 0) is 12.8 Å². The van der Waals surface area contributed by atoms with Gasteiger partial charge in [-0.3, -0.25) is 9.89 Å². The van der Waals surface area contributed by atoms with Gasteiger partial charge < -0.3 is 5.32 Å². The molecule has 96 valence electrons. The van der Waals surface area contributed by atoms with Gasteiger partial charge in [-0.25, -0.2) is 8.42 Å². The molecule has 1 aliphatic rings. The van der Waals surface area contributed by atoms with Gasteiger partial charge in [0.05, 0.1) is 11.9 Å². The average Bonchev–Trinajstić information content (AvgIpc) is 2.75. The number of carbonyl (C=O) groups excluding carboxylic acids is 1. The summed E-state index contributed by atoms with van der Waals surface area (Å²) in [4.78, 5) is 11.9. The molecule has 1 aromatic rings. The third kappa shape index (κ3) is 2.36. The molecular weight excluding hydrogens is 256 g/mol. The molecule has 0 spiro atoms. The van der Waals surface area contributed by atoms with Crippen molar-refractivity contribution < 1.29 is 13.2 Å². The predicted octanol–water partition coefficient (Wildman–Crippen LogP) is 0.187. The summed E-state index contributed by atoms with van der Waals surface area (Å²) in [7, 11) is -3.37. The second-order valence-electron chi connectivity index (χ2n) is 4.11. The van der Waals surface area contributed by atoms with E-state index >= 15 is 0 Å². The zero-order valence-corrected chi connectivity index (χ0v) is 10.3. The zero-order chi connectivity index (χ0) is 13.2. The first-order chi connectivity index (χ1) is 8.54. The quantitative estimate of drug-likeness (QED) is 0.794. The number of sulfone groups is 1. The molecule has 7 nitrogen and oxygen atoms in total. The fraction of sp³-hybridized carbons (Fsp3) is 0.500. The summed E-state index contributed by atoms with van der Waals surface area (Å²) in [5, 5.41) is 16.2. The number of H-pyrrole nitrogens is 1. The second kappa shape index (κ2) is 4.78. The lowest BCUT2D eigenvalue weighted by Gasteiger charge is -2.20. The summed E-state index contributed by atoms with van der Waals surface area (Å²) in [6, 6.07) is 1.85. The van der Waals surface area contributed by atoms with Crippen LogP contribution in [-0.4, -0.2) is 35.5 Å². The lowest BCUT2D eigenvalue weighted by atomic mass is 10.2. The lowest BCUT2D eigenvalue weighted by molar-refractivity contribution is -0.116. The number of nitrogens with zero attached hydrogens (tertiary/aromatic N) is 2. The van der Waals surface area contributed by atoms with E-state index in [4.69, 9.17) is 5.26 Å². The van der Waals surface area contributed by atoms with Crippen LogP contribution in [0.4, 0.5) is 5.82 Å². The highest BCUT2D eigenvalue weighted by molar-refractivity contribution is 7.92. The van der Waals surface area contributed by atoms with Crippen molar-refractivity contribution in [2.75, 3.05) is 11.1 Å². The Balaban J connectivity index is 2.16. The summed E-state index contributed by atoms with van der Waals surface area (Å²) >= 11 is 0. The highest BCUT2D eigenvalue weighted by Gasteiger charge is 2.35. The molecule has 0 bridgehead atoms. The zero-order valence-electron chi connectivity index (χ0n) is 9.51. The number of amides is 1. The Bertz CT molecular complexity index is 599. The van der Waals surface area contributed by atoms with Crippen LogP contribution >= 0.6 is 0 Å². The van der Waals surface area contributed by atoms with Gasteiger partial charge in [0.15, 0.2) is 9.84 Å². The molecule has 2 heterocycles. The molecule has 1 fully saturated rings. The van der Waals surface area contributed by atoms with Gasteiger partial charge in [0.2, 0.25) is 5.91 Å². The third-order valence-electron chi connectivity index (χ3n) is 2.88. The number of nitriles is 1. The molecular formula is C10H12N4O3S. The average molecular weight is 268 g/mol. The number of hydrogen-bond acceptors (Lipinski definition) is 5. The van der Waals surface area contributed by atoms with E-state index in [-0.39, 0.29) is 17.1 Å². The molecule has 1 amide bonds. The van der Waals surface area contributed by atoms with E-state index in [2.05, 4.69) is 15.5 Å². The minimum Gasteiger partial charge on any atom is -0.309 e. The van der Waals surface area contributed by atoms with Crippen molar-refractivity contribution in [1.82, 2.24) is 10.2 Å². The molecule has 2 rings (SSSR count). The normalized spacial score (nSPS) is 22.1. The molecule has 1 saturated heterocycles. The van der Waals surface area contributed by atoms with Gasteiger partial charge in [0.1, 0.15) is 22.7 Å². The van der Waals surface area contributed by atoms with E-state index in [1.165, 1.54) is 6.20 Å². The van der Waals surface area contributed by atoms with Crippen molar-refractivity contribution in [3.63, 3.8) is 0 Å². The van der Waals surface area contributed by atoms with Crippen LogP contribution < -0.4 is 5.32 Å². The Morgan fingerprint density at radius 1 is 1.56 bits per heavy atom. The van der Waals surface area contributed by atoms with Crippen LogP contribution in [0.25, 0.3) is 0 Å². The molecule has 1 unspecified atom stereocenters. The number of hydrogen-bond donors (Lipinski definition) is 2. The van der Waals surface area contributed by atoms with Crippen LogP contribution in [0.2, 0.25) is 0 Å². The van der Waals surface area contributed by atoms with Gasteiger partial charge in [0, 0.05) is 0 Å². The fourth-order valence-electron chi connectivity index (χ4n) is 1.92. The highest BCUT2D eigenvalue weighted by atomic mass is 32.2. The van der Waals surface area contributed by atoms with E-state index in [1.807, 2.05) is 6.07 Å². The summed E-state index contributed by atoms with van der Waals surface area (Å²) in [5.74, 6) is -0.419. The summed E-state index contributed by atoms with van der Waals surface area (Å²) < 4.78 is 23.5. The van der Waals surface area contributed by atoms with E-state index < -0.39 is 21.0 Å². The second-order valence-corrected chi connectivity index (χ2v) is 6.41. The summed E-state index contributed by atoms with van der Waals surface area (Å²) in [6.07, 6.45) is 2.90. The Morgan fingerprint density at radius 2 is 2.33 bits per heavy atom. The van der Waals surface area contributed by atoms with Gasteiger partial charge in [-0.2, -0.15) is 10.4 Å². The number of rotatable bonds is 2. The molecule has 2 N–H and O–H groups in total. The molecule has 18 heavy (non-hydrogen) atoms. The third-order valence-corrected chi connectivity index (χ3v) is 5.05. The number of anilines is 1. The Kier molecular flexibility index (Phi) is 3.34. The molecule has 1 aliphatic heterocycles. The molecule has 8 heteroatoms. The van der Waals surface area contributed by atoms with Crippen LogP contribution in [0.1, 0.15) is 24.8 Å². The van der Waals surface area contributed by atoms with E-state index in [0.717, 1.165) is 0 Å². The van der Waals surface area contributed by atoms with Gasteiger partial charge in [-0.1, -0.05) is 6.42 Å². The first-order valence-electron chi connectivity index (χ1n) is 5.50. The maximum absolute atomic E-state index is 11.9. The van der Waals surface area contributed by atoms with Crippen LogP contribution in [0.15, 0.2) is 6.20 Å². The van der Waals surface area contributed by atoms with Crippen molar-refractivity contribution in [2.45, 2.75) is 24.5 Å². The van der Waals surface area contributed by atoms with Crippen LogP contribution in [0.5, 0.6) is 0 Å². The highest BCUT2D eigenvalue weighted by Crippen LogP contribution is 2.21. The van der Waals surface area contributed by atoms with Gasteiger partial charge in [0.25, 0.3) is 0 Å². The monoisotopic (exact) mass is 268 g/mol. The van der Waals surface area contributed by atoms with Crippen molar-refractivity contribution in [3.05, 3.63) is 11.8 Å². The summed E-state index contributed by atoms with van der Waals surface area (Å²) in [5.41, 5.74) is 0.177. The Morgan fingerprint density at radius 3 is 3.00 bits per heavy atom. The molecule has 1 aromatic heterocycles. The van der Waals surface area contributed by atoms with Crippen LogP contribution in [-0.2, 0) is 14.6 Å². The summed E-state index contributed by atoms with van der Waals surface area (Å²) in [6.45, 7) is 0. The van der Waals surface area contributed by atoms with Gasteiger partial charge in [-0.15, -0.1) is 0 Å². The Labute approximate surface area is 104 Å². The van der Waals surface area contributed by atoms with Crippen molar-refractivity contribution >= 4 is 21.6 Å². The van der Waals surface area contributed by atoms with Crippen molar-refractivity contribution in [1.29, 1.82) is 5.26 Å². The molecule has 0 radical (unpaired) electrons. The van der Waals surface area contributed by atoms with Crippen molar-refractivity contribution in [2.24, 2.45) is 0 Å². The molecule has 0 aliphatic carbocycles. The lowest BCUT2D eigenvalue weighted by Crippen LogP contribution is -2.39. The SMILES string of the molecule is N#Cc1cn[nH]c1NC(=O)C1CCCCS1(=O)=O. The molecule has 1 atom stereocenters. The first kappa shape index (κ1) is 12.6. The first-order valence-corrected chi connectivity index (χ1v) is 7.22. The van der Waals surface area contributed by atoms with E-state index in [0.29, 0.717) is 19.3 Å². The Hall–Kier alpha value is -1.88. The van der Waals surface area contributed by atoms with E-state index in [1.54, 1.807) is 0 Å². The molecule has 0 aromatic carbocycles. The number of carbonyl (C=O) groups is 1. The van der Waals surface area contributed by atoms with Crippen LogP contribution in [0.3, 0.4) is 0 Å². The maximum atomic E-state index is 11.9. The number of aromatic nitrogens is 2. The predicted molar refractivity (Wildman–Crippen MR) is 63.4 cm³/mol. The van der Waals surface area contributed by atoms with Gasteiger partial charge >= 0.3 is 0 Å². The van der Waals surface area contributed by atoms with Crippen LogP contribution in [0, 0.1) is 11.3 Å². The van der Waals surface area contributed by atoms with E-state index in [9.17, 15) is 13.2 Å². The minimum atomic E-state index is -3.37. The smallest absolute Gasteiger partial charge is 0.243 e. The molecule has 0 saturated carbocycles. The number of aromatic amines is 1. The topological polar surface area (TPSA) is 116 Å². The standard InChI is InChI=1S/C10H12N4O3S/c11-5-7-6-12-14-9(7)13-10(15)8-3-1-2-4-18(8,16)17/h6,8H,1-4H2,(H2,12,13,14,15). The minimum absolute atomic E-state index is 0.0408. The fourth-order valence-corrected chi connectivity index (χ4v) is 3.72.